The van der Waals surface area contributed by atoms with Gasteiger partial charge in [0.25, 0.3) is 0 Å². The zero-order valence-electron chi connectivity index (χ0n) is 8.57. The topological polar surface area (TPSA) is 46.2 Å². The van der Waals surface area contributed by atoms with Crippen LogP contribution in [0.2, 0.25) is 0 Å². The quantitative estimate of drug-likeness (QED) is 0.929. The van der Waals surface area contributed by atoms with Crippen LogP contribution in [0.25, 0.3) is 0 Å². The van der Waals surface area contributed by atoms with Gasteiger partial charge in [-0.25, -0.2) is 17.5 Å². The average molecular weight is 308 g/mol. The lowest BCUT2D eigenvalue weighted by Gasteiger charge is -2.13. The second-order valence-corrected chi connectivity index (χ2v) is 5.74. The molecule has 0 heterocycles. The fourth-order valence-corrected chi connectivity index (χ4v) is 2.27. The lowest BCUT2D eigenvalue weighted by atomic mass is 10.1. The summed E-state index contributed by atoms with van der Waals surface area (Å²) in [6, 6.07) is 3.89. The smallest absolute Gasteiger partial charge is 0.208 e. The van der Waals surface area contributed by atoms with Gasteiger partial charge in [0.15, 0.2) is 0 Å². The molecule has 3 nitrogen and oxygen atoms in total. The van der Waals surface area contributed by atoms with Crippen molar-refractivity contribution >= 4 is 26.0 Å². The summed E-state index contributed by atoms with van der Waals surface area (Å²) < 4.78 is 38.1. The molecule has 16 heavy (non-hydrogen) atoms. The van der Waals surface area contributed by atoms with E-state index in [1.807, 2.05) is 0 Å². The summed E-state index contributed by atoms with van der Waals surface area (Å²) in [5, 5.41) is 0.835. The molecular weight excluding hydrogens is 297 g/mol. The predicted octanol–water partition coefficient (Wildman–Crippen LogP) is 2.71. The van der Waals surface area contributed by atoms with Crippen molar-refractivity contribution in [1.29, 1.82) is 0 Å². The van der Waals surface area contributed by atoms with Crippen molar-refractivity contribution in [2.75, 3.05) is 0 Å². The second kappa shape index (κ2) is 5.07. The van der Waals surface area contributed by atoms with Gasteiger partial charge < -0.3 is 0 Å². The van der Waals surface area contributed by atoms with Crippen LogP contribution in [0.15, 0.2) is 34.7 Å². The molecule has 0 spiro atoms. The van der Waals surface area contributed by atoms with Gasteiger partial charge in [-0.15, -0.1) is 0 Å². The second-order valence-electron chi connectivity index (χ2n) is 3.22. The average Bonchev–Trinajstić information content (AvgIpc) is 2.21. The molecule has 0 amide bonds. The SMILES string of the molecule is C=CS(=O)(=O)N[C@@H](C)c1ccc(F)c(Br)c1. The Hall–Kier alpha value is -0.720. The van der Waals surface area contributed by atoms with Gasteiger partial charge >= 0.3 is 0 Å². The molecule has 1 aromatic rings. The van der Waals surface area contributed by atoms with Crippen molar-refractivity contribution < 1.29 is 12.8 Å². The van der Waals surface area contributed by atoms with Gasteiger partial charge in [0, 0.05) is 11.4 Å². The molecule has 0 saturated heterocycles. The van der Waals surface area contributed by atoms with E-state index in [1.54, 1.807) is 6.92 Å². The number of hydrogen-bond donors (Lipinski definition) is 1. The lowest BCUT2D eigenvalue weighted by Crippen LogP contribution is -2.24. The maximum absolute atomic E-state index is 13.0. The maximum atomic E-state index is 13.0. The van der Waals surface area contributed by atoms with Gasteiger partial charge in [-0.3, -0.25) is 0 Å². The molecule has 0 radical (unpaired) electrons. The molecule has 0 unspecified atom stereocenters. The predicted molar refractivity (Wildman–Crippen MR) is 64.8 cm³/mol. The van der Waals surface area contributed by atoms with Crippen molar-refractivity contribution in [3.63, 3.8) is 0 Å². The summed E-state index contributed by atoms with van der Waals surface area (Å²) in [7, 11) is -3.49. The minimum absolute atomic E-state index is 0.301. The molecule has 1 atom stereocenters. The first-order valence-corrected chi connectivity index (χ1v) is 6.79. The highest BCUT2D eigenvalue weighted by Crippen LogP contribution is 2.21. The van der Waals surface area contributed by atoms with Crippen molar-refractivity contribution in [2.45, 2.75) is 13.0 Å². The minimum atomic E-state index is -3.49. The molecule has 1 aromatic carbocycles. The molecule has 0 aliphatic rings. The van der Waals surface area contributed by atoms with Gasteiger partial charge in [-0.1, -0.05) is 12.6 Å². The van der Waals surface area contributed by atoms with Crippen molar-refractivity contribution in [1.82, 2.24) is 4.72 Å². The highest BCUT2D eigenvalue weighted by molar-refractivity contribution is 9.10. The summed E-state index contributed by atoms with van der Waals surface area (Å²) in [5.74, 6) is -0.387. The Morgan fingerprint density at radius 3 is 2.69 bits per heavy atom. The van der Waals surface area contributed by atoms with Crippen LogP contribution in [-0.4, -0.2) is 8.42 Å². The molecule has 0 fully saturated rings. The van der Waals surface area contributed by atoms with E-state index in [0.717, 1.165) is 5.41 Å². The highest BCUT2D eigenvalue weighted by Gasteiger charge is 2.13. The molecule has 0 aromatic heterocycles. The Balaban J connectivity index is 2.93. The van der Waals surface area contributed by atoms with Crippen LogP contribution in [0.3, 0.4) is 0 Å². The summed E-state index contributed by atoms with van der Waals surface area (Å²) in [4.78, 5) is 0. The number of halogens is 2. The van der Waals surface area contributed by atoms with E-state index in [0.29, 0.717) is 10.0 Å². The van der Waals surface area contributed by atoms with Crippen molar-refractivity contribution in [3.8, 4) is 0 Å². The monoisotopic (exact) mass is 307 g/mol. The fourth-order valence-electron chi connectivity index (χ4n) is 1.14. The van der Waals surface area contributed by atoms with E-state index in [4.69, 9.17) is 0 Å². The van der Waals surface area contributed by atoms with Crippen LogP contribution >= 0.6 is 15.9 Å². The Bertz CT molecular complexity index is 502. The molecule has 0 aliphatic carbocycles. The Labute approximate surface area is 103 Å². The molecule has 0 saturated carbocycles. The Kier molecular flexibility index (Phi) is 4.23. The molecular formula is C10H11BrFNO2S. The van der Waals surface area contributed by atoms with Gasteiger partial charge in [0.1, 0.15) is 5.82 Å². The molecule has 6 heteroatoms. The van der Waals surface area contributed by atoms with Crippen LogP contribution in [0.4, 0.5) is 4.39 Å². The van der Waals surface area contributed by atoms with Gasteiger partial charge in [-0.2, -0.15) is 0 Å². The summed E-state index contributed by atoms with van der Waals surface area (Å²) in [6.07, 6.45) is 0. The first-order valence-electron chi connectivity index (χ1n) is 4.45. The normalized spacial score (nSPS) is 13.4. The van der Waals surface area contributed by atoms with E-state index >= 15 is 0 Å². The van der Waals surface area contributed by atoms with E-state index in [2.05, 4.69) is 27.2 Å². The highest BCUT2D eigenvalue weighted by atomic mass is 79.9. The summed E-state index contributed by atoms with van der Waals surface area (Å²) in [6.45, 7) is 4.86. The van der Waals surface area contributed by atoms with Crippen LogP contribution in [-0.2, 0) is 10.0 Å². The third-order valence-electron chi connectivity index (χ3n) is 2.00. The third kappa shape index (κ3) is 3.40. The number of benzene rings is 1. The van der Waals surface area contributed by atoms with Gasteiger partial charge in [0.2, 0.25) is 10.0 Å². The third-order valence-corrected chi connectivity index (χ3v) is 3.73. The van der Waals surface area contributed by atoms with Crippen LogP contribution in [0.1, 0.15) is 18.5 Å². The molecule has 1 N–H and O–H groups in total. The number of rotatable bonds is 4. The zero-order chi connectivity index (χ0) is 12.3. The number of nitrogens with one attached hydrogen (secondary N) is 1. The van der Waals surface area contributed by atoms with Crippen molar-refractivity contribution in [2.24, 2.45) is 0 Å². The summed E-state index contributed by atoms with van der Waals surface area (Å²) in [5.41, 5.74) is 0.665. The van der Waals surface area contributed by atoms with Gasteiger partial charge in [0.05, 0.1) is 4.47 Å². The standard InChI is InChI=1S/C10H11BrFNO2S/c1-3-16(14,15)13-7(2)8-4-5-10(12)9(11)6-8/h3-7,13H,1H2,2H3/t7-/m0/s1. The fraction of sp³-hybridized carbons (Fsp3) is 0.200. The van der Waals surface area contributed by atoms with E-state index in [9.17, 15) is 12.8 Å². The van der Waals surface area contributed by atoms with E-state index < -0.39 is 16.1 Å². The maximum Gasteiger partial charge on any atom is 0.233 e. The molecule has 0 bridgehead atoms. The van der Waals surface area contributed by atoms with Crippen LogP contribution in [0, 0.1) is 5.82 Å². The molecule has 0 aliphatic heterocycles. The zero-order valence-corrected chi connectivity index (χ0v) is 11.0. The van der Waals surface area contributed by atoms with Crippen LogP contribution < -0.4 is 4.72 Å². The minimum Gasteiger partial charge on any atom is -0.208 e. The van der Waals surface area contributed by atoms with E-state index in [1.165, 1.54) is 18.2 Å². The first-order chi connectivity index (χ1) is 7.35. The summed E-state index contributed by atoms with van der Waals surface area (Å²) >= 11 is 3.04. The lowest BCUT2D eigenvalue weighted by molar-refractivity contribution is 0.575. The number of sulfonamides is 1. The Morgan fingerprint density at radius 1 is 1.56 bits per heavy atom. The Morgan fingerprint density at radius 2 is 2.19 bits per heavy atom. The van der Waals surface area contributed by atoms with Crippen LogP contribution in [0.5, 0.6) is 0 Å². The van der Waals surface area contributed by atoms with Gasteiger partial charge in [-0.05, 0) is 40.5 Å². The first kappa shape index (κ1) is 13.3. The van der Waals surface area contributed by atoms with Crippen molar-refractivity contribution in [3.05, 3.63) is 46.0 Å². The number of hydrogen-bond acceptors (Lipinski definition) is 2. The molecule has 88 valence electrons. The molecule has 1 rings (SSSR count). The largest absolute Gasteiger partial charge is 0.233 e. The van der Waals surface area contributed by atoms with E-state index in [-0.39, 0.29) is 5.82 Å².